The van der Waals surface area contributed by atoms with Crippen molar-refractivity contribution in [3.63, 3.8) is 0 Å². The standard InChI is InChI=1S/C13H23NO7/c1-3-6-4-13(10(14-6)12(19)20-2)11(18)9(17)8(16)7(5-15)21-13/h6-11,14-18H,3-5H2,1-2H3/t6?,7?,8-,9-,10?,11?,13-/m0/s1. The number of rotatable bonds is 3. The largest absolute Gasteiger partial charge is 0.468 e. The van der Waals surface area contributed by atoms with Gasteiger partial charge in [0.15, 0.2) is 0 Å². The summed E-state index contributed by atoms with van der Waals surface area (Å²) in [7, 11) is 1.22. The lowest BCUT2D eigenvalue weighted by molar-refractivity contribution is -0.276. The molecule has 2 aliphatic heterocycles. The Balaban J connectivity index is 2.37. The lowest BCUT2D eigenvalue weighted by Gasteiger charge is -2.48. The second kappa shape index (κ2) is 6.15. The molecule has 0 saturated carbocycles. The van der Waals surface area contributed by atoms with E-state index in [0.29, 0.717) is 6.42 Å². The summed E-state index contributed by atoms with van der Waals surface area (Å²) < 4.78 is 10.4. The van der Waals surface area contributed by atoms with E-state index in [0.717, 1.165) is 0 Å². The number of esters is 1. The van der Waals surface area contributed by atoms with Crippen molar-refractivity contribution in [3.8, 4) is 0 Å². The molecular weight excluding hydrogens is 282 g/mol. The molecule has 21 heavy (non-hydrogen) atoms. The van der Waals surface area contributed by atoms with Gasteiger partial charge in [-0.1, -0.05) is 6.92 Å². The summed E-state index contributed by atoms with van der Waals surface area (Å²) in [5.74, 6) is -0.620. The van der Waals surface area contributed by atoms with Gasteiger partial charge in [0.05, 0.1) is 13.7 Å². The van der Waals surface area contributed by atoms with Gasteiger partial charge in [-0.05, 0) is 12.8 Å². The zero-order valence-electron chi connectivity index (χ0n) is 12.1. The number of carbonyl (C=O) groups excluding carboxylic acids is 1. The molecule has 0 amide bonds. The number of aliphatic hydroxyl groups is 4. The van der Waals surface area contributed by atoms with E-state index in [4.69, 9.17) is 9.47 Å². The Hall–Kier alpha value is -0.770. The summed E-state index contributed by atoms with van der Waals surface area (Å²) in [6.07, 6.45) is -4.52. The molecule has 2 aliphatic rings. The number of nitrogens with one attached hydrogen (secondary N) is 1. The number of hydrogen-bond donors (Lipinski definition) is 5. The Labute approximate surface area is 122 Å². The molecule has 0 aromatic carbocycles. The Morgan fingerprint density at radius 1 is 1.38 bits per heavy atom. The highest BCUT2D eigenvalue weighted by Gasteiger charge is 2.63. The number of methoxy groups -OCH3 is 1. The first-order valence-electron chi connectivity index (χ1n) is 7.08. The minimum atomic E-state index is -1.51. The normalized spacial score (nSPS) is 46.8. The van der Waals surface area contributed by atoms with Crippen LogP contribution in [0.4, 0.5) is 0 Å². The zero-order chi connectivity index (χ0) is 15.8. The Morgan fingerprint density at radius 3 is 2.57 bits per heavy atom. The van der Waals surface area contributed by atoms with E-state index in [-0.39, 0.29) is 12.5 Å². The maximum atomic E-state index is 12.0. The summed E-state index contributed by atoms with van der Waals surface area (Å²) in [6, 6.07) is -1.08. The van der Waals surface area contributed by atoms with Crippen LogP contribution in [0.15, 0.2) is 0 Å². The average Bonchev–Trinajstić information content (AvgIpc) is 2.88. The predicted molar refractivity (Wildman–Crippen MR) is 70.3 cm³/mol. The van der Waals surface area contributed by atoms with E-state index >= 15 is 0 Å². The molecule has 7 atom stereocenters. The zero-order valence-corrected chi connectivity index (χ0v) is 12.1. The van der Waals surface area contributed by atoms with Crippen molar-refractivity contribution in [2.24, 2.45) is 0 Å². The first-order chi connectivity index (χ1) is 9.91. The summed E-state index contributed by atoms with van der Waals surface area (Å²) >= 11 is 0. The van der Waals surface area contributed by atoms with Gasteiger partial charge < -0.3 is 29.9 Å². The molecule has 8 nitrogen and oxygen atoms in total. The topological polar surface area (TPSA) is 128 Å². The SMILES string of the molecule is CCC1C[C@]2(OC(CO)[C@H](O)[C@H](O)C2O)C(C(=O)OC)N1. The minimum Gasteiger partial charge on any atom is -0.468 e. The van der Waals surface area contributed by atoms with Crippen LogP contribution in [0.1, 0.15) is 19.8 Å². The van der Waals surface area contributed by atoms with Crippen molar-refractivity contribution in [1.29, 1.82) is 0 Å². The third kappa shape index (κ3) is 2.56. The smallest absolute Gasteiger partial charge is 0.325 e. The van der Waals surface area contributed by atoms with Gasteiger partial charge in [-0.2, -0.15) is 0 Å². The molecule has 4 unspecified atom stereocenters. The minimum absolute atomic E-state index is 0.106. The molecule has 5 N–H and O–H groups in total. The highest BCUT2D eigenvalue weighted by atomic mass is 16.6. The van der Waals surface area contributed by atoms with E-state index in [1.165, 1.54) is 7.11 Å². The van der Waals surface area contributed by atoms with Gasteiger partial charge in [0.25, 0.3) is 0 Å². The molecule has 2 saturated heterocycles. The van der Waals surface area contributed by atoms with Crippen LogP contribution < -0.4 is 5.32 Å². The van der Waals surface area contributed by atoms with Crippen LogP contribution in [-0.4, -0.2) is 82.2 Å². The lowest BCUT2D eigenvalue weighted by Crippen LogP contribution is -2.70. The van der Waals surface area contributed by atoms with Gasteiger partial charge in [0.2, 0.25) is 0 Å². The third-order valence-electron chi connectivity index (χ3n) is 4.49. The summed E-state index contributed by atoms with van der Waals surface area (Å²) in [4.78, 5) is 12.0. The molecule has 8 heteroatoms. The average molecular weight is 305 g/mol. The van der Waals surface area contributed by atoms with E-state index in [9.17, 15) is 25.2 Å². The van der Waals surface area contributed by atoms with Crippen molar-refractivity contribution >= 4 is 5.97 Å². The van der Waals surface area contributed by atoms with Gasteiger partial charge in [-0.25, -0.2) is 0 Å². The number of ether oxygens (including phenoxy) is 2. The molecule has 0 aliphatic carbocycles. The van der Waals surface area contributed by atoms with E-state index < -0.39 is 48.6 Å². The Bertz CT molecular complexity index is 391. The van der Waals surface area contributed by atoms with E-state index in [1.807, 2.05) is 6.92 Å². The van der Waals surface area contributed by atoms with Crippen molar-refractivity contribution in [3.05, 3.63) is 0 Å². The molecule has 2 fully saturated rings. The number of aliphatic hydroxyl groups excluding tert-OH is 4. The first kappa shape index (κ1) is 16.6. The molecular formula is C13H23NO7. The van der Waals surface area contributed by atoms with Gasteiger partial charge in [0, 0.05) is 6.04 Å². The number of hydrogen-bond acceptors (Lipinski definition) is 8. The number of carbonyl (C=O) groups is 1. The van der Waals surface area contributed by atoms with Gasteiger partial charge in [-0.15, -0.1) is 0 Å². The second-order valence-electron chi connectivity index (χ2n) is 5.65. The van der Waals surface area contributed by atoms with Crippen molar-refractivity contribution < 1.29 is 34.7 Å². The second-order valence-corrected chi connectivity index (χ2v) is 5.65. The summed E-state index contributed by atoms with van der Waals surface area (Å²) in [5, 5.41) is 42.6. The van der Waals surface area contributed by atoms with Crippen molar-refractivity contribution in [2.45, 2.75) is 61.9 Å². The van der Waals surface area contributed by atoms with Crippen LogP contribution in [0.25, 0.3) is 0 Å². The summed E-state index contributed by atoms with van der Waals surface area (Å²) in [6.45, 7) is 1.38. The van der Waals surface area contributed by atoms with E-state index in [1.54, 1.807) is 0 Å². The molecule has 122 valence electrons. The molecule has 0 aromatic rings. The van der Waals surface area contributed by atoms with Gasteiger partial charge in [0.1, 0.15) is 36.1 Å². The van der Waals surface area contributed by atoms with Crippen molar-refractivity contribution in [1.82, 2.24) is 5.32 Å². The maximum absolute atomic E-state index is 12.0. The molecule has 2 heterocycles. The van der Waals surface area contributed by atoms with Crippen LogP contribution in [0.3, 0.4) is 0 Å². The Morgan fingerprint density at radius 2 is 2.05 bits per heavy atom. The van der Waals surface area contributed by atoms with Gasteiger partial charge in [-0.3, -0.25) is 10.1 Å². The van der Waals surface area contributed by atoms with Crippen molar-refractivity contribution in [2.75, 3.05) is 13.7 Å². The van der Waals surface area contributed by atoms with Crippen LogP contribution in [0.2, 0.25) is 0 Å². The monoisotopic (exact) mass is 305 g/mol. The quantitative estimate of drug-likeness (QED) is 0.362. The molecule has 0 bridgehead atoms. The van der Waals surface area contributed by atoms with Crippen LogP contribution in [0.5, 0.6) is 0 Å². The molecule has 1 spiro atoms. The Kier molecular flexibility index (Phi) is 4.86. The predicted octanol–water partition coefficient (Wildman–Crippen LogP) is -2.49. The van der Waals surface area contributed by atoms with Gasteiger partial charge >= 0.3 is 5.97 Å². The third-order valence-corrected chi connectivity index (χ3v) is 4.49. The van der Waals surface area contributed by atoms with Crippen LogP contribution in [0, 0.1) is 0 Å². The molecule has 0 radical (unpaired) electrons. The lowest BCUT2D eigenvalue weighted by atomic mass is 9.78. The van der Waals surface area contributed by atoms with Crippen LogP contribution >= 0.6 is 0 Å². The first-order valence-corrected chi connectivity index (χ1v) is 7.08. The molecule has 2 rings (SSSR count). The molecule has 0 aromatic heterocycles. The fourth-order valence-electron chi connectivity index (χ4n) is 3.26. The fraction of sp³-hybridized carbons (Fsp3) is 0.923. The maximum Gasteiger partial charge on any atom is 0.325 e. The summed E-state index contributed by atoms with van der Waals surface area (Å²) in [5.41, 5.74) is -1.43. The van der Waals surface area contributed by atoms with E-state index in [2.05, 4.69) is 5.32 Å². The highest BCUT2D eigenvalue weighted by Crippen LogP contribution is 2.41. The van der Waals surface area contributed by atoms with Crippen LogP contribution in [-0.2, 0) is 14.3 Å². The fourth-order valence-corrected chi connectivity index (χ4v) is 3.26. The highest BCUT2D eigenvalue weighted by molar-refractivity contribution is 5.78.